The lowest BCUT2D eigenvalue weighted by atomic mass is 10.0. The molecule has 0 aromatic heterocycles. The summed E-state index contributed by atoms with van der Waals surface area (Å²) in [6.45, 7) is 4.85. The van der Waals surface area contributed by atoms with Crippen molar-refractivity contribution in [3.63, 3.8) is 0 Å². The molecule has 0 aromatic rings. The summed E-state index contributed by atoms with van der Waals surface area (Å²) in [6, 6.07) is -0.636. The third-order valence-corrected chi connectivity index (χ3v) is 13.7. The molecule has 0 saturated carbocycles. The normalized spacial score (nSPS) is 12.8. The first-order valence-electron chi connectivity index (χ1n) is 29.8. The van der Waals surface area contributed by atoms with E-state index < -0.39 is 12.1 Å². The number of hydrogen-bond donors (Lipinski definition) is 3. The Balaban J connectivity index is 3.48. The Morgan fingerprint density at radius 2 is 0.761 bits per heavy atom. The zero-order chi connectivity index (χ0) is 48.6. The van der Waals surface area contributed by atoms with Gasteiger partial charge in [-0.2, -0.15) is 0 Å². The van der Waals surface area contributed by atoms with Crippen LogP contribution in [-0.2, 0) is 14.3 Å². The number of nitrogens with one attached hydrogen (secondary N) is 1. The fourth-order valence-electron chi connectivity index (χ4n) is 9.06. The molecule has 0 rings (SSSR count). The molecular formula is C61H115NO5. The molecule has 3 N–H and O–H groups in total. The van der Waals surface area contributed by atoms with Crippen LogP contribution in [-0.4, -0.2) is 47.4 Å². The van der Waals surface area contributed by atoms with Gasteiger partial charge in [0.2, 0.25) is 5.91 Å². The highest BCUT2D eigenvalue weighted by molar-refractivity contribution is 5.76. The number of amides is 1. The fourth-order valence-corrected chi connectivity index (χ4v) is 9.06. The molecule has 0 radical (unpaired) electrons. The average Bonchev–Trinajstić information content (AvgIpc) is 3.33. The maximum absolute atomic E-state index is 12.5. The Hall–Kier alpha value is -1.92. The van der Waals surface area contributed by atoms with E-state index in [-0.39, 0.29) is 18.5 Å². The molecule has 67 heavy (non-hydrogen) atoms. The van der Waals surface area contributed by atoms with Gasteiger partial charge in [-0.15, -0.1) is 0 Å². The number of aliphatic hydroxyl groups excluding tert-OH is 2. The van der Waals surface area contributed by atoms with Crippen molar-refractivity contribution in [2.24, 2.45) is 0 Å². The molecule has 0 saturated heterocycles. The number of rotatable bonds is 55. The summed E-state index contributed by atoms with van der Waals surface area (Å²) < 4.78 is 5.46. The van der Waals surface area contributed by atoms with Crippen molar-refractivity contribution < 1.29 is 24.5 Å². The molecule has 0 spiro atoms. The summed E-state index contributed by atoms with van der Waals surface area (Å²) in [5, 5.41) is 23.2. The number of carbonyl (C=O) groups excluding carboxylic acids is 2. The lowest BCUT2D eigenvalue weighted by molar-refractivity contribution is -0.143. The van der Waals surface area contributed by atoms with Crippen molar-refractivity contribution in [1.82, 2.24) is 5.32 Å². The third-order valence-electron chi connectivity index (χ3n) is 13.7. The molecule has 1 amide bonds. The Labute approximate surface area is 417 Å². The van der Waals surface area contributed by atoms with E-state index in [0.717, 1.165) is 64.2 Å². The largest absolute Gasteiger partial charge is 0.466 e. The molecule has 0 heterocycles. The van der Waals surface area contributed by atoms with Gasteiger partial charge in [0.25, 0.3) is 0 Å². The third kappa shape index (κ3) is 53.3. The molecule has 0 aliphatic heterocycles. The van der Waals surface area contributed by atoms with Crippen LogP contribution in [0.15, 0.2) is 36.5 Å². The smallest absolute Gasteiger partial charge is 0.305 e. The van der Waals surface area contributed by atoms with Crippen molar-refractivity contribution in [1.29, 1.82) is 0 Å². The molecule has 0 aliphatic rings. The summed E-state index contributed by atoms with van der Waals surface area (Å²) in [5.74, 6) is -0.0898. The van der Waals surface area contributed by atoms with Gasteiger partial charge in [-0.05, 0) is 57.8 Å². The predicted octanol–water partition coefficient (Wildman–Crippen LogP) is 18.4. The number of ether oxygens (including phenoxy) is 1. The molecule has 0 aromatic carbocycles. The first-order valence-corrected chi connectivity index (χ1v) is 29.8. The fraction of sp³-hybridized carbons (Fsp3) is 0.869. The maximum atomic E-state index is 12.5. The SMILES string of the molecule is CCCC/C=C\C/C=C\CCCCCCCC(=O)OCCCCCCCCCCCCCCCCCC(=O)NC(CO)C(O)/C=C/CCCCCCCCCCCCCCCCCCCCC. The zero-order valence-electron chi connectivity index (χ0n) is 44.9. The quantitative estimate of drug-likeness (QED) is 0.0321. The minimum Gasteiger partial charge on any atom is -0.466 e. The van der Waals surface area contributed by atoms with Crippen LogP contribution in [0.2, 0.25) is 0 Å². The topological polar surface area (TPSA) is 95.9 Å². The zero-order valence-corrected chi connectivity index (χ0v) is 44.9. The molecule has 0 aliphatic carbocycles. The Kier molecular flexibility index (Phi) is 55.0. The predicted molar refractivity (Wildman–Crippen MR) is 292 cm³/mol. The van der Waals surface area contributed by atoms with Gasteiger partial charge in [-0.25, -0.2) is 0 Å². The van der Waals surface area contributed by atoms with Gasteiger partial charge in [0.1, 0.15) is 0 Å². The van der Waals surface area contributed by atoms with Gasteiger partial charge in [0, 0.05) is 12.8 Å². The standard InChI is InChI=1S/C61H115NO5/c1-3-5-7-9-11-13-15-17-19-20-21-22-23-24-26-29-33-37-41-45-49-53-59(64)58(57-63)62-60(65)54-50-46-42-38-34-30-27-25-28-32-36-40-44-48-52-56-67-61(66)55-51-47-43-39-35-31-18-16-14-12-10-8-6-4-2/h10,12,16,18,49,53,58-59,63-64H,3-9,11,13-15,17,19-48,50-52,54-57H2,1-2H3,(H,62,65)/b12-10-,18-16-,53-49+. The van der Waals surface area contributed by atoms with Crippen molar-refractivity contribution >= 4 is 11.9 Å². The van der Waals surface area contributed by atoms with Gasteiger partial charge >= 0.3 is 5.97 Å². The van der Waals surface area contributed by atoms with Gasteiger partial charge < -0.3 is 20.3 Å². The maximum Gasteiger partial charge on any atom is 0.305 e. The number of aliphatic hydroxyl groups is 2. The summed E-state index contributed by atoms with van der Waals surface area (Å²) in [4.78, 5) is 24.5. The van der Waals surface area contributed by atoms with E-state index in [0.29, 0.717) is 19.4 Å². The lowest BCUT2D eigenvalue weighted by Gasteiger charge is -2.20. The van der Waals surface area contributed by atoms with Crippen LogP contribution in [0.4, 0.5) is 0 Å². The van der Waals surface area contributed by atoms with Crippen LogP contribution >= 0.6 is 0 Å². The molecular weight excluding hydrogens is 827 g/mol. The minimum absolute atomic E-state index is 0.0149. The van der Waals surface area contributed by atoms with Gasteiger partial charge in [0.15, 0.2) is 0 Å². The molecule has 0 bridgehead atoms. The van der Waals surface area contributed by atoms with E-state index in [2.05, 4.69) is 43.5 Å². The van der Waals surface area contributed by atoms with Crippen LogP contribution < -0.4 is 5.32 Å². The second-order valence-electron chi connectivity index (χ2n) is 20.3. The van der Waals surface area contributed by atoms with Crippen LogP contribution in [0.3, 0.4) is 0 Å². The van der Waals surface area contributed by atoms with E-state index in [9.17, 15) is 19.8 Å². The van der Waals surface area contributed by atoms with Crippen molar-refractivity contribution in [3.8, 4) is 0 Å². The summed E-state index contributed by atoms with van der Waals surface area (Å²) in [7, 11) is 0. The van der Waals surface area contributed by atoms with E-state index >= 15 is 0 Å². The van der Waals surface area contributed by atoms with Crippen LogP contribution in [0.25, 0.3) is 0 Å². The van der Waals surface area contributed by atoms with Crippen LogP contribution in [0.1, 0.15) is 316 Å². The van der Waals surface area contributed by atoms with Gasteiger partial charge in [-0.1, -0.05) is 281 Å². The number of hydrogen-bond acceptors (Lipinski definition) is 5. The van der Waals surface area contributed by atoms with Gasteiger partial charge in [-0.3, -0.25) is 9.59 Å². The molecule has 394 valence electrons. The number of unbranched alkanes of at least 4 members (excludes halogenated alkanes) is 40. The summed E-state index contributed by atoms with van der Waals surface area (Å²) in [6.07, 6.45) is 70.2. The summed E-state index contributed by atoms with van der Waals surface area (Å²) >= 11 is 0. The molecule has 6 nitrogen and oxygen atoms in total. The Bertz CT molecular complexity index is 1090. The lowest BCUT2D eigenvalue weighted by Crippen LogP contribution is -2.45. The molecule has 2 atom stereocenters. The number of esters is 1. The molecule has 2 unspecified atom stereocenters. The number of allylic oxidation sites excluding steroid dienone is 5. The van der Waals surface area contributed by atoms with E-state index in [1.54, 1.807) is 6.08 Å². The highest BCUT2D eigenvalue weighted by Crippen LogP contribution is 2.17. The average molecular weight is 943 g/mol. The van der Waals surface area contributed by atoms with Crippen molar-refractivity contribution in [2.75, 3.05) is 13.2 Å². The highest BCUT2D eigenvalue weighted by atomic mass is 16.5. The van der Waals surface area contributed by atoms with Crippen molar-refractivity contribution in [3.05, 3.63) is 36.5 Å². The van der Waals surface area contributed by atoms with E-state index in [1.165, 1.54) is 225 Å². The monoisotopic (exact) mass is 942 g/mol. The van der Waals surface area contributed by atoms with Crippen LogP contribution in [0, 0.1) is 0 Å². The van der Waals surface area contributed by atoms with E-state index in [1.807, 2.05) is 6.08 Å². The Morgan fingerprint density at radius 1 is 0.418 bits per heavy atom. The van der Waals surface area contributed by atoms with Crippen LogP contribution in [0.5, 0.6) is 0 Å². The first-order chi connectivity index (χ1) is 33.0. The Morgan fingerprint density at radius 3 is 1.18 bits per heavy atom. The summed E-state index contributed by atoms with van der Waals surface area (Å²) in [5.41, 5.74) is 0. The second-order valence-corrected chi connectivity index (χ2v) is 20.3. The minimum atomic E-state index is -0.852. The first kappa shape index (κ1) is 65.1. The second kappa shape index (κ2) is 56.7. The van der Waals surface area contributed by atoms with E-state index in [4.69, 9.17) is 4.74 Å². The molecule has 0 fully saturated rings. The highest BCUT2D eigenvalue weighted by Gasteiger charge is 2.18. The molecule has 6 heteroatoms. The van der Waals surface area contributed by atoms with Gasteiger partial charge in [0.05, 0.1) is 25.4 Å². The number of carbonyl (C=O) groups is 2. The van der Waals surface area contributed by atoms with Crippen molar-refractivity contribution in [2.45, 2.75) is 328 Å².